The smallest absolute Gasteiger partial charge is 0.242 e. The number of hydrogen-bond donors (Lipinski definition) is 1. The van der Waals surface area contributed by atoms with E-state index in [9.17, 15) is 14.0 Å². The third-order valence-corrected chi connectivity index (χ3v) is 4.64. The van der Waals surface area contributed by atoms with Crippen molar-refractivity contribution in [2.75, 3.05) is 13.1 Å². The molecule has 1 aromatic carbocycles. The SMILES string of the molecule is CC(C)C(=O)N1CCCC1C(=O)NCC(C)(C)c1ccccc1F. The summed E-state index contributed by atoms with van der Waals surface area (Å²) in [4.78, 5) is 26.4. The first-order valence-electron chi connectivity index (χ1n) is 8.57. The number of carbonyl (C=O) groups excluding carboxylic acids is 2. The zero-order valence-electron chi connectivity index (χ0n) is 14.9. The Labute approximate surface area is 143 Å². The van der Waals surface area contributed by atoms with E-state index in [0.717, 1.165) is 6.42 Å². The molecule has 5 heteroatoms. The maximum absolute atomic E-state index is 14.0. The molecule has 2 amide bonds. The van der Waals surface area contributed by atoms with Crippen LogP contribution in [0, 0.1) is 11.7 Å². The summed E-state index contributed by atoms with van der Waals surface area (Å²) < 4.78 is 14.0. The van der Waals surface area contributed by atoms with Gasteiger partial charge in [0, 0.05) is 24.4 Å². The fourth-order valence-corrected chi connectivity index (χ4v) is 3.17. The summed E-state index contributed by atoms with van der Waals surface area (Å²) in [5, 5.41) is 2.91. The van der Waals surface area contributed by atoms with Crippen LogP contribution in [0.2, 0.25) is 0 Å². The fourth-order valence-electron chi connectivity index (χ4n) is 3.17. The zero-order valence-corrected chi connectivity index (χ0v) is 14.9. The molecule has 4 nitrogen and oxygen atoms in total. The Hall–Kier alpha value is -1.91. The molecule has 1 aliphatic rings. The molecule has 1 N–H and O–H groups in total. The van der Waals surface area contributed by atoms with Crippen LogP contribution < -0.4 is 5.32 Å². The highest BCUT2D eigenvalue weighted by atomic mass is 19.1. The van der Waals surface area contributed by atoms with Crippen LogP contribution in [-0.4, -0.2) is 35.8 Å². The molecule has 132 valence electrons. The third kappa shape index (κ3) is 3.94. The van der Waals surface area contributed by atoms with E-state index in [1.165, 1.54) is 6.07 Å². The molecule has 24 heavy (non-hydrogen) atoms. The highest BCUT2D eigenvalue weighted by Crippen LogP contribution is 2.25. The lowest BCUT2D eigenvalue weighted by atomic mass is 9.84. The number of amides is 2. The molecule has 1 saturated heterocycles. The number of benzene rings is 1. The highest BCUT2D eigenvalue weighted by Gasteiger charge is 2.35. The second kappa shape index (κ2) is 7.32. The zero-order chi connectivity index (χ0) is 17.9. The van der Waals surface area contributed by atoms with Gasteiger partial charge in [0.2, 0.25) is 11.8 Å². The van der Waals surface area contributed by atoms with Crippen molar-refractivity contribution in [3.05, 3.63) is 35.6 Å². The van der Waals surface area contributed by atoms with Gasteiger partial charge in [0.15, 0.2) is 0 Å². The second-order valence-corrected chi connectivity index (χ2v) is 7.43. The molecular formula is C19H27FN2O2. The van der Waals surface area contributed by atoms with Gasteiger partial charge in [-0.25, -0.2) is 4.39 Å². The summed E-state index contributed by atoms with van der Waals surface area (Å²) in [6, 6.07) is 6.21. The summed E-state index contributed by atoms with van der Waals surface area (Å²) in [6.07, 6.45) is 1.53. The number of rotatable bonds is 5. The summed E-state index contributed by atoms with van der Waals surface area (Å²) in [5.41, 5.74) is 0.0544. The van der Waals surface area contributed by atoms with Gasteiger partial charge >= 0.3 is 0 Å². The Morgan fingerprint density at radius 2 is 2.00 bits per heavy atom. The summed E-state index contributed by atoms with van der Waals surface area (Å²) in [7, 11) is 0. The Balaban J connectivity index is 2.02. The van der Waals surface area contributed by atoms with Crippen molar-refractivity contribution < 1.29 is 14.0 Å². The van der Waals surface area contributed by atoms with Crippen molar-refractivity contribution in [3.63, 3.8) is 0 Å². The summed E-state index contributed by atoms with van der Waals surface area (Å²) in [5.74, 6) is -0.519. The average Bonchev–Trinajstić information content (AvgIpc) is 3.01. The largest absolute Gasteiger partial charge is 0.353 e. The number of halogens is 1. The van der Waals surface area contributed by atoms with Crippen molar-refractivity contribution in [3.8, 4) is 0 Å². The van der Waals surface area contributed by atoms with Crippen molar-refractivity contribution in [2.45, 2.75) is 52.0 Å². The van der Waals surface area contributed by atoms with Crippen LogP contribution >= 0.6 is 0 Å². The Morgan fingerprint density at radius 1 is 1.33 bits per heavy atom. The van der Waals surface area contributed by atoms with Crippen LogP contribution in [0.3, 0.4) is 0 Å². The van der Waals surface area contributed by atoms with Gasteiger partial charge in [-0.15, -0.1) is 0 Å². The molecule has 0 spiro atoms. The molecule has 1 unspecified atom stereocenters. The highest BCUT2D eigenvalue weighted by molar-refractivity contribution is 5.88. The lowest BCUT2D eigenvalue weighted by molar-refractivity contribution is -0.140. The number of likely N-dealkylation sites (tertiary alicyclic amines) is 1. The van der Waals surface area contributed by atoms with Crippen LogP contribution in [0.4, 0.5) is 4.39 Å². The van der Waals surface area contributed by atoms with E-state index in [0.29, 0.717) is 25.1 Å². The average molecular weight is 334 g/mol. The predicted octanol–water partition coefficient (Wildman–Crippen LogP) is 2.87. The van der Waals surface area contributed by atoms with Gasteiger partial charge in [0.25, 0.3) is 0 Å². The molecular weight excluding hydrogens is 307 g/mol. The van der Waals surface area contributed by atoms with Gasteiger partial charge in [-0.2, -0.15) is 0 Å². The first-order chi connectivity index (χ1) is 11.2. The topological polar surface area (TPSA) is 49.4 Å². The minimum atomic E-state index is -0.521. The van der Waals surface area contributed by atoms with Gasteiger partial charge < -0.3 is 10.2 Å². The Morgan fingerprint density at radius 3 is 2.62 bits per heavy atom. The fraction of sp³-hybridized carbons (Fsp3) is 0.579. The van der Waals surface area contributed by atoms with Crippen LogP contribution in [0.25, 0.3) is 0 Å². The van der Waals surface area contributed by atoms with Crippen LogP contribution in [0.15, 0.2) is 24.3 Å². The van der Waals surface area contributed by atoms with E-state index in [2.05, 4.69) is 5.32 Å². The van der Waals surface area contributed by atoms with Crippen LogP contribution in [0.5, 0.6) is 0 Å². The van der Waals surface area contributed by atoms with E-state index in [1.54, 1.807) is 23.1 Å². The van der Waals surface area contributed by atoms with Gasteiger partial charge in [-0.05, 0) is 24.5 Å². The number of nitrogens with one attached hydrogen (secondary N) is 1. The molecule has 0 bridgehead atoms. The lowest BCUT2D eigenvalue weighted by Gasteiger charge is -2.29. The number of hydrogen-bond acceptors (Lipinski definition) is 2. The molecule has 2 rings (SSSR count). The molecule has 0 aliphatic carbocycles. The van der Waals surface area contributed by atoms with Gasteiger partial charge in [0.1, 0.15) is 11.9 Å². The van der Waals surface area contributed by atoms with Crippen molar-refractivity contribution in [2.24, 2.45) is 5.92 Å². The quantitative estimate of drug-likeness (QED) is 0.900. The monoisotopic (exact) mass is 334 g/mol. The van der Waals surface area contributed by atoms with Crippen LogP contribution in [-0.2, 0) is 15.0 Å². The Bertz CT molecular complexity index is 613. The number of nitrogens with zero attached hydrogens (tertiary/aromatic N) is 1. The molecule has 1 aliphatic heterocycles. The first-order valence-corrected chi connectivity index (χ1v) is 8.57. The van der Waals surface area contributed by atoms with E-state index in [-0.39, 0.29) is 23.5 Å². The first kappa shape index (κ1) is 18.4. The molecule has 0 radical (unpaired) electrons. The molecule has 1 heterocycles. The molecule has 0 aromatic heterocycles. The molecule has 1 fully saturated rings. The molecule has 1 atom stereocenters. The van der Waals surface area contributed by atoms with Crippen LogP contribution in [0.1, 0.15) is 46.1 Å². The van der Waals surface area contributed by atoms with E-state index in [1.807, 2.05) is 27.7 Å². The van der Waals surface area contributed by atoms with Crippen molar-refractivity contribution >= 4 is 11.8 Å². The maximum atomic E-state index is 14.0. The maximum Gasteiger partial charge on any atom is 0.242 e. The third-order valence-electron chi connectivity index (χ3n) is 4.64. The van der Waals surface area contributed by atoms with Gasteiger partial charge in [-0.1, -0.05) is 45.9 Å². The standard InChI is InChI=1S/C19H27FN2O2/c1-13(2)18(24)22-11-7-10-16(22)17(23)21-12-19(3,4)14-8-5-6-9-15(14)20/h5-6,8-9,13,16H,7,10-12H2,1-4H3,(H,21,23). The van der Waals surface area contributed by atoms with Gasteiger partial charge in [0.05, 0.1) is 0 Å². The van der Waals surface area contributed by atoms with Crippen molar-refractivity contribution in [1.82, 2.24) is 10.2 Å². The minimum absolute atomic E-state index is 0.0148. The minimum Gasteiger partial charge on any atom is -0.353 e. The van der Waals surface area contributed by atoms with E-state index in [4.69, 9.17) is 0 Å². The Kier molecular flexibility index (Phi) is 5.62. The molecule has 0 saturated carbocycles. The van der Waals surface area contributed by atoms with Crippen molar-refractivity contribution in [1.29, 1.82) is 0 Å². The van der Waals surface area contributed by atoms with E-state index < -0.39 is 11.5 Å². The normalized spacial score (nSPS) is 18.1. The summed E-state index contributed by atoms with van der Waals surface area (Å²) in [6.45, 7) is 8.45. The predicted molar refractivity (Wildman–Crippen MR) is 92.0 cm³/mol. The second-order valence-electron chi connectivity index (χ2n) is 7.43. The lowest BCUT2D eigenvalue weighted by Crippen LogP contribution is -2.49. The van der Waals surface area contributed by atoms with E-state index >= 15 is 0 Å². The van der Waals surface area contributed by atoms with Gasteiger partial charge in [-0.3, -0.25) is 9.59 Å². The molecule has 1 aromatic rings. The summed E-state index contributed by atoms with van der Waals surface area (Å²) >= 11 is 0. The number of carbonyl (C=O) groups is 2.